The summed E-state index contributed by atoms with van der Waals surface area (Å²) in [5.74, 6) is 0.203. The summed E-state index contributed by atoms with van der Waals surface area (Å²) in [5, 5.41) is 5.32. The highest BCUT2D eigenvalue weighted by atomic mass is 32.2. The van der Waals surface area contributed by atoms with Gasteiger partial charge in [-0.2, -0.15) is 0 Å². The molecule has 2 atom stereocenters. The van der Waals surface area contributed by atoms with Crippen LogP contribution in [-0.4, -0.2) is 26.2 Å². The summed E-state index contributed by atoms with van der Waals surface area (Å²) in [6.07, 6.45) is 0.504. The van der Waals surface area contributed by atoms with Crippen LogP contribution in [0.5, 0.6) is 0 Å². The SMILES string of the molecule is CC(C)CC(N=C1NS(=O)(=O)c2ccccc21)C(=O)NC(C)c1ccc2ccccc2c1. The molecule has 3 aromatic carbocycles. The average molecular weight is 450 g/mol. The van der Waals surface area contributed by atoms with Gasteiger partial charge in [-0.25, -0.2) is 8.42 Å². The van der Waals surface area contributed by atoms with E-state index in [1.807, 2.05) is 51.1 Å². The number of nitrogens with zero attached hydrogens (tertiary/aromatic N) is 1. The fraction of sp³-hybridized carbons (Fsp3) is 0.280. The molecule has 1 aliphatic rings. The first-order valence-electron chi connectivity index (χ1n) is 10.7. The minimum absolute atomic E-state index is 0.187. The fourth-order valence-electron chi connectivity index (χ4n) is 3.92. The molecule has 32 heavy (non-hydrogen) atoms. The Kier molecular flexibility index (Phi) is 6.02. The van der Waals surface area contributed by atoms with Gasteiger partial charge < -0.3 is 5.32 Å². The smallest absolute Gasteiger partial charge is 0.263 e. The zero-order valence-electron chi connectivity index (χ0n) is 18.4. The van der Waals surface area contributed by atoms with Crippen LogP contribution in [0.15, 0.2) is 76.6 Å². The molecule has 0 fully saturated rings. The number of sulfonamides is 1. The number of carbonyl (C=O) groups excluding carboxylic acids is 1. The molecule has 2 N–H and O–H groups in total. The molecular weight excluding hydrogens is 422 g/mol. The van der Waals surface area contributed by atoms with E-state index in [0.717, 1.165) is 16.3 Å². The minimum atomic E-state index is -3.65. The van der Waals surface area contributed by atoms with Gasteiger partial charge in [0.25, 0.3) is 10.0 Å². The Morgan fingerprint density at radius 3 is 2.41 bits per heavy atom. The van der Waals surface area contributed by atoms with Crippen LogP contribution in [0, 0.1) is 5.92 Å². The van der Waals surface area contributed by atoms with Gasteiger partial charge in [-0.05, 0) is 53.8 Å². The molecule has 0 spiro atoms. The summed E-state index contributed by atoms with van der Waals surface area (Å²) in [5.41, 5.74) is 1.50. The summed E-state index contributed by atoms with van der Waals surface area (Å²) in [4.78, 5) is 17.9. The van der Waals surface area contributed by atoms with Crippen molar-refractivity contribution < 1.29 is 13.2 Å². The molecule has 1 aliphatic heterocycles. The molecule has 0 saturated carbocycles. The van der Waals surface area contributed by atoms with E-state index in [0.29, 0.717) is 12.0 Å². The van der Waals surface area contributed by atoms with Gasteiger partial charge in [0.2, 0.25) is 5.91 Å². The molecule has 3 aromatic rings. The average Bonchev–Trinajstić information content (AvgIpc) is 3.02. The number of rotatable bonds is 6. The molecule has 0 bridgehead atoms. The highest BCUT2D eigenvalue weighted by molar-refractivity contribution is 7.90. The van der Waals surface area contributed by atoms with Crippen LogP contribution >= 0.6 is 0 Å². The summed E-state index contributed by atoms with van der Waals surface area (Å²) in [6, 6.07) is 20.0. The molecule has 1 amide bonds. The van der Waals surface area contributed by atoms with Gasteiger partial charge in [0, 0.05) is 5.56 Å². The lowest BCUT2D eigenvalue weighted by atomic mass is 10.0. The van der Waals surface area contributed by atoms with Crippen molar-refractivity contribution in [2.45, 2.75) is 44.2 Å². The number of amides is 1. The van der Waals surface area contributed by atoms with Crippen LogP contribution < -0.4 is 10.0 Å². The van der Waals surface area contributed by atoms with Crippen molar-refractivity contribution in [1.29, 1.82) is 0 Å². The number of carbonyl (C=O) groups is 1. The first-order chi connectivity index (χ1) is 15.2. The van der Waals surface area contributed by atoms with E-state index in [1.54, 1.807) is 24.3 Å². The number of amidine groups is 1. The number of benzene rings is 3. The zero-order chi connectivity index (χ0) is 22.9. The van der Waals surface area contributed by atoms with Crippen molar-refractivity contribution in [3.8, 4) is 0 Å². The largest absolute Gasteiger partial charge is 0.348 e. The van der Waals surface area contributed by atoms with Crippen molar-refractivity contribution in [2.75, 3.05) is 0 Å². The second kappa shape index (κ2) is 8.74. The van der Waals surface area contributed by atoms with Crippen LogP contribution in [-0.2, 0) is 14.8 Å². The lowest BCUT2D eigenvalue weighted by molar-refractivity contribution is -0.123. The third kappa shape index (κ3) is 4.53. The van der Waals surface area contributed by atoms with Gasteiger partial charge in [-0.3, -0.25) is 14.5 Å². The summed E-state index contributed by atoms with van der Waals surface area (Å²) in [6.45, 7) is 5.97. The second-order valence-electron chi connectivity index (χ2n) is 8.56. The molecule has 0 aliphatic carbocycles. The first-order valence-corrected chi connectivity index (χ1v) is 12.2. The molecule has 0 radical (unpaired) electrons. The number of hydrogen-bond acceptors (Lipinski definition) is 4. The Hall–Kier alpha value is -3.19. The van der Waals surface area contributed by atoms with Crippen LogP contribution in [0.2, 0.25) is 0 Å². The highest BCUT2D eigenvalue weighted by Crippen LogP contribution is 2.24. The van der Waals surface area contributed by atoms with E-state index < -0.39 is 16.1 Å². The standard InChI is InChI=1S/C25H27N3O3S/c1-16(2)14-22(27-24-21-10-6-7-11-23(21)32(30,31)28-24)25(29)26-17(3)19-13-12-18-8-4-5-9-20(18)15-19/h4-13,15-17,22H,14H2,1-3H3,(H,26,29)(H,27,28). The Balaban J connectivity index is 1.59. The van der Waals surface area contributed by atoms with Crippen LogP contribution in [0.25, 0.3) is 10.8 Å². The first kappa shape index (κ1) is 22.0. The van der Waals surface area contributed by atoms with Crippen molar-refractivity contribution in [3.63, 3.8) is 0 Å². The van der Waals surface area contributed by atoms with Crippen molar-refractivity contribution in [1.82, 2.24) is 10.0 Å². The van der Waals surface area contributed by atoms with Gasteiger partial charge in [0.1, 0.15) is 11.9 Å². The summed E-state index contributed by atoms with van der Waals surface area (Å²) >= 11 is 0. The third-order valence-corrected chi connectivity index (χ3v) is 6.97. The topological polar surface area (TPSA) is 87.6 Å². The lowest BCUT2D eigenvalue weighted by Crippen LogP contribution is -2.37. The second-order valence-corrected chi connectivity index (χ2v) is 10.2. The predicted molar refractivity (Wildman–Crippen MR) is 127 cm³/mol. The molecule has 0 saturated heterocycles. The molecule has 4 rings (SSSR count). The van der Waals surface area contributed by atoms with Gasteiger partial charge >= 0.3 is 0 Å². The number of aliphatic imine (C=N–C) groups is 1. The van der Waals surface area contributed by atoms with Gasteiger partial charge in [-0.1, -0.05) is 62.4 Å². The van der Waals surface area contributed by atoms with E-state index in [1.165, 1.54) is 0 Å². The van der Waals surface area contributed by atoms with E-state index >= 15 is 0 Å². The molecule has 166 valence electrons. The van der Waals surface area contributed by atoms with Gasteiger partial charge in [-0.15, -0.1) is 0 Å². The quantitative estimate of drug-likeness (QED) is 0.592. The Labute approximate surface area is 188 Å². The molecular formula is C25H27N3O3S. The normalized spacial score (nSPS) is 17.7. The van der Waals surface area contributed by atoms with Gasteiger partial charge in [0.15, 0.2) is 0 Å². The molecule has 6 nitrogen and oxygen atoms in total. The maximum absolute atomic E-state index is 13.2. The van der Waals surface area contributed by atoms with Crippen molar-refractivity contribution >= 4 is 32.5 Å². The number of hydrogen-bond donors (Lipinski definition) is 2. The monoisotopic (exact) mass is 449 g/mol. The Morgan fingerprint density at radius 2 is 1.66 bits per heavy atom. The minimum Gasteiger partial charge on any atom is -0.348 e. The van der Waals surface area contributed by atoms with Gasteiger partial charge in [0.05, 0.1) is 10.9 Å². The van der Waals surface area contributed by atoms with Crippen LogP contribution in [0.1, 0.15) is 44.4 Å². The van der Waals surface area contributed by atoms with Crippen LogP contribution in [0.3, 0.4) is 0 Å². The molecule has 0 aromatic heterocycles. The summed E-state index contributed by atoms with van der Waals surface area (Å²) in [7, 11) is -3.65. The molecule has 7 heteroatoms. The summed E-state index contributed by atoms with van der Waals surface area (Å²) < 4.78 is 27.3. The molecule has 1 heterocycles. The maximum atomic E-state index is 13.2. The fourth-order valence-corrected chi connectivity index (χ4v) is 5.16. The van der Waals surface area contributed by atoms with E-state index in [4.69, 9.17) is 0 Å². The third-order valence-electron chi connectivity index (χ3n) is 5.58. The molecule has 2 unspecified atom stereocenters. The lowest BCUT2D eigenvalue weighted by Gasteiger charge is -2.20. The Bertz CT molecular complexity index is 1300. The van der Waals surface area contributed by atoms with Crippen molar-refractivity contribution in [3.05, 3.63) is 77.9 Å². The predicted octanol–water partition coefficient (Wildman–Crippen LogP) is 4.17. The van der Waals surface area contributed by atoms with E-state index in [9.17, 15) is 13.2 Å². The van der Waals surface area contributed by atoms with E-state index in [-0.39, 0.29) is 28.6 Å². The Morgan fingerprint density at radius 1 is 0.969 bits per heavy atom. The highest BCUT2D eigenvalue weighted by Gasteiger charge is 2.32. The van der Waals surface area contributed by atoms with Crippen molar-refractivity contribution in [2.24, 2.45) is 10.9 Å². The number of fused-ring (bicyclic) bond motifs is 2. The number of nitrogens with one attached hydrogen (secondary N) is 2. The van der Waals surface area contributed by atoms with Crippen LogP contribution in [0.4, 0.5) is 0 Å². The maximum Gasteiger partial charge on any atom is 0.263 e. The zero-order valence-corrected chi connectivity index (χ0v) is 19.2. The van der Waals surface area contributed by atoms with E-state index in [2.05, 4.69) is 27.2 Å².